The third-order valence-corrected chi connectivity index (χ3v) is 2.63. The Hall–Kier alpha value is -1.88. The van der Waals surface area contributed by atoms with Crippen molar-refractivity contribution in [3.63, 3.8) is 0 Å². The lowest BCUT2D eigenvalue weighted by Crippen LogP contribution is -2.01. The SMILES string of the molecule is COc1cncc(C(O)c2cn(C)nc2C)c1. The monoisotopic (exact) mass is 233 g/mol. The molecule has 0 spiro atoms. The van der Waals surface area contributed by atoms with Gasteiger partial charge in [0.2, 0.25) is 0 Å². The van der Waals surface area contributed by atoms with Crippen LogP contribution in [-0.2, 0) is 7.05 Å². The van der Waals surface area contributed by atoms with Gasteiger partial charge in [0, 0.05) is 30.6 Å². The Labute approximate surface area is 99.7 Å². The number of hydrogen-bond donors (Lipinski definition) is 1. The number of aliphatic hydroxyl groups is 1. The minimum absolute atomic E-state index is 0.628. The van der Waals surface area contributed by atoms with Gasteiger partial charge < -0.3 is 9.84 Å². The Kier molecular flexibility index (Phi) is 3.10. The van der Waals surface area contributed by atoms with Gasteiger partial charge in [-0.1, -0.05) is 0 Å². The average Bonchev–Trinajstić information content (AvgIpc) is 2.67. The second kappa shape index (κ2) is 4.55. The lowest BCUT2D eigenvalue weighted by molar-refractivity contribution is 0.218. The number of ether oxygens (including phenoxy) is 1. The Bertz CT molecular complexity index is 522. The molecule has 0 radical (unpaired) electrons. The number of aryl methyl sites for hydroxylation is 2. The summed E-state index contributed by atoms with van der Waals surface area (Å²) in [7, 11) is 3.40. The molecule has 2 aromatic rings. The molecule has 0 aliphatic rings. The molecule has 0 aliphatic heterocycles. The van der Waals surface area contributed by atoms with Gasteiger partial charge in [0.25, 0.3) is 0 Å². The lowest BCUT2D eigenvalue weighted by Gasteiger charge is -2.10. The second-order valence-electron chi connectivity index (χ2n) is 3.90. The fourth-order valence-electron chi connectivity index (χ4n) is 1.76. The van der Waals surface area contributed by atoms with Gasteiger partial charge in [-0.2, -0.15) is 5.10 Å². The molecule has 2 heterocycles. The maximum absolute atomic E-state index is 10.3. The van der Waals surface area contributed by atoms with E-state index in [2.05, 4.69) is 10.1 Å². The third-order valence-electron chi connectivity index (χ3n) is 2.63. The number of rotatable bonds is 3. The Balaban J connectivity index is 2.36. The molecule has 2 aromatic heterocycles. The third kappa shape index (κ3) is 2.29. The highest BCUT2D eigenvalue weighted by molar-refractivity contribution is 5.33. The van der Waals surface area contributed by atoms with Crippen LogP contribution >= 0.6 is 0 Å². The number of hydrogen-bond acceptors (Lipinski definition) is 4. The van der Waals surface area contributed by atoms with Gasteiger partial charge in [-0.25, -0.2) is 0 Å². The molecule has 0 aliphatic carbocycles. The van der Waals surface area contributed by atoms with E-state index in [4.69, 9.17) is 4.74 Å². The van der Waals surface area contributed by atoms with Crippen molar-refractivity contribution in [2.45, 2.75) is 13.0 Å². The fourth-order valence-corrected chi connectivity index (χ4v) is 1.76. The van der Waals surface area contributed by atoms with E-state index in [9.17, 15) is 5.11 Å². The van der Waals surface area contributed by atoms with E-state index in [1.54, 1.807) is 36.4 Å². The summed E-state index contributed by atoms with van der Waals surface area (Å²) < 4.78 is 6.76. The molecule has 0 saturated heterocycles. The highest BCUT2D eigenvalue weighted by Gasteiger charge is 2.16. The van der Waals surface area contributed by atoms with Crippen LogP contribution in [0.2, 0.25) is 0 Å². The van der Waals surface area contributed by atoms with E-state index in [1.165, 1.54) is 0 Å². The molecule has 0 bridgehead atoms. The van der Waals surface area contributed by atoms with E-state index in [0.717, 1.165) is 11.3 Å². The highest BCUT2D eigenvalue weighted by Crippen LogP contribution is 2.25. The van der Waals surface area contributed by atoms with Gasteiger partial charge in [0.1, 0.15) is 11.9 Å². The summed E-state index contributed by atoms with van der Waals surface area (Å²) in [6.07, 6.45) is 4.30. The van der Waals surface area contributed by atoms with E-state index < -0.39 is 6.10 Å². The van der Waals surface area contributed by atoms with Crippen molar-refractivity contribution in [3.8, 4) is 5.75 Å². The summed E-state index contributed by atoms with van der Waals surface area (Å²) >= 11 is 0. The molecule has 2 rings (SSSR count). The van der Waals surface area contributed by atoms with Crippen molar-refractivity contribution in [1.82, 2.24) is 14.8 Å². The summed E-state index contributed by atoms with van der Waals surface area (Å²) in [4.78, 5) is 4.03. The summed E-state index contributed by atoms with van der Waals surface area (Å²) in [5, 5.41) is 14.5. The van der Waals surface area contributed by atoms with Gasteiger partial charge in [-0.3, -0.25) is 9.67 Å². The molecule has 0 aromatic carbocycles. The largest absolute Gasteiger partial charge is 0.495 e. The van der Waals surface area contributed by atoms with Crippen molar-refractivity contribution in [3.05, 3.63) is 41.5 Å². The molecule has 90 valence electrons. The minimum atomic E-state index is -0.730. The quantitative estimate of drug-likeness (QED) is 0.865. The van der Waals surface area contributed by atoms with Gasteiger partial charge in [0.05, 0.1) is 19.0 Å². The summed E-state index contributed by atoms with van der Waals surface area (Å²) in [6, 6.07) is 1.77. The number of methoxy groups -OCH3 is 1. The summed E-state index contributed by atoms with van der Waals surface area (Å²) in [5.41, 5.74) is 2.28. The molecule has 1 unspecified atom stereocenters. The van der Waals surface area contributed by atoms with Crippen LogP contribution < -0.4 is 4.74 Å². The molecule has 1 atom stereocenters. The van der Waals surface area contributed by atoms with Crippen LogP contribution in [0.4, 0.5) is 0 Å². The smallest absolute Gasteiger partial charge is 0.137 e. The fraction of sp³-hybridized carbons (Fsp3) is 0.333. The zero-order valence-corrected chi connectivity index (χ0v) is 10.1. The molecule has 17 heavy (non-hydrogen) atoms. The zero-order valence-electron chi connectivity index (χ0n) is 10.1. The van der Waals surface area contributed by atoms with Crippen molar-refractivity contribution in [2.24, 2.45) is 7.05 Å². The minimum Gasteiger partial charge on any atom is -0.495 e. The van der Waals surface area contributed by atoms with Crippen LogP contribution in [0.1, 0.15) is 22.9 Å². The van der Waals surface area contributed by atoms with Crippen LogP contribution in [0, 0.1) is 6.92 Å². The zero-order chi connectivity index (χ0) is 12.4. The van der Waals surface area contributed by atoms with Gasteiger partial charge in [-0.15, -0.1) is 0 Å². The predicted octanol–water partition coefficient (Wildman–Crippen LogP) is 1.21. The normalized spacial score (nSPS) is 12.5. The van der Waals surface area contributed by atoms with E-state index in [-0.39, 0.29) is 0 Å². The van der Waals surface area contributed by atoms with Crippen LogP contribution in [-0.4, -0.2) is 27.0 Å². The topological polar surface area (TPSA) is 60.2 Å². The Morgan fingerprint density at radius 2 is 2.18 bits per heavy atom. The Morgan fingerprint density at radius 3 is 2.76 bits per heavy atom. The second-order valence-corrected chi connectivity index (χ2v) is 3.90. The molecule has 0 fully saturated rings. The number of nitrogens with zero attached hydrogens (tertiary/aromatic N) is 3. The molecule has 5 nitrogen and oxygen atoms in total. The first kappa shape index (κ1) is 11.6. The molecule has 5 heteroatoms. The summed E-state index contributed by atoms with van der Waals surface area (Å²) in [6.45, 7) is 1.87. The van der Waals surface area contributed by atoms with Crippen LogP contribution in [0.15, 0.2) is 24.7 Å². The van der Waals surface area contributed by atoms with Gasteiger partial charge in [0.15, 0.2) is 0 Å². The number of pyridine rings is 1. The van der Waals surface area contributed by atoms with Crippen LogP contribution in [0.3, 0.4) is 0 Å². The van der Waals surface area contributed by atoms with Crippen molar-refractivity contribution in [2.75, 3.05) is 7.11 Å². The van der Waals surface area contributed by atoms with Crippen molar-refractivity contribution >= 4 is 0 Å². The molecular weight excluding hydrogens is 218 g/mol. The maximum Gasteiger partial charge on any atom is 0.137 e. The van der Waals surface area contributed by atoms with E-state index in [1.807, 2.05) is 14.0 Å². The maximum atomic E-state index is 10.3. The number of aromatic nitrogens is 3. The lowest BCUT2D eigenvalue weighted by atomic mass is 10.0. The Morgan fingerprint density at radius 1 is 1.41 bits per heavy atom. The van der Waals surface area contributed by atoms with Crippen molar-refractivity contribution in [1.29, 1.82) is 0 Å². The molecule has 0 amide bonds. The van der Waals surface area contributed by atoms with E-state index in [0.29, 0.717) is 11.3 Å². The molecule has 1 N–H and O–H groups in total. The molecule has 0 saturated carbocycles. The van der Waals surface area contributed by atoms with Crippen LogP contribution in [0.25, 0.3) is 0 Å². The first-order chi connectivity index (χ1) is 8.11. The first-order valence-electron chi connectivity index (χ1n) is 5.29. The first-order valence-corrected chi connectivity index (χ1v) is 5.29. The van der Waals surface area contributed by atoms with E-state index >= 15 is 0 Å². The van der Waals surface area contributed by atoms with Crippen molar-refractivity contribution < 1.29 is 9.84 Å². The predicted molar refractivity (Wildman–Crippen MR) is 62.8 cm³/mol. The standard InChI is InChI=1S/C12H15N3O2/c1-8-11(7-15(2)14-8)12(16)9-4-10(17-3)6-13-5-9/h4-7,12,16H,1-3H3. The average molecular weight is 233 g/mol. The summed E-state index contributed by atoms with van der Waals surface area (Å²) in [5.74, 6) is 0.628. The van der Waals surface area contributed by atoms with Crippen LogP contribution in [0.5, 0.6) is 5.75 Å². The molecular formula is C12H15N3O2. The van der Waals surface area contributed by atoms with Gasteiger partial charge in [-0.05, 0) is 13.0 Å². The highest BCUT2D eigenvalue weighted by atomic mass is 16.5. The van der Waals surface area contributed by atoms with Gasteiger partial charge >= 0.3 is 0 Å². The number of aliphatic hydroxyl groups excluding tert-OH is 1.